The summed E-state index contributed by atoms with van der Waals surface area (Å²) in [5.41, 5.74) is 7.72. The maximum absolute atomic E-state index is 11.7. The Morgan fingerprint density at radius 3 is 2.62 bits per heavy atom. The van der Waals surface area contributed by atoms with Crippen LogP contribution in [-0.4, -0.2) is 32.1 Å². The highest BCUT2D eigenvalue weighted by Gasteiger charge is 2.24. The maximum atomic E-state index is 11.7. The molecule has 5 nitrogen and oxygen atoms in total. The van der Waals surface area contributed by atoms with Gasteiger partial charge in [-0.3, -0.25) is 4.79 Å². The van der Waals surface area contributed by atoms with E-state index in [1.165, 1.54) is 0 Å². The number of carbonyl (C=O) groups excluding carboxylic acids is 1. The van der Waals surface area contributed by atoms with Crippen molar-refractivity contribution in [1.29, 1.82) is 0 Å². The molecule has 0 atom stereocenters. The van der Waals surface area contributed by atoms with Gasteiger partial charge >= 0.3 is 0 Å². The Morgan fingerprint density at radius 2 is 2.05 bits per heavy atom. The van der Waals surface area contributed by atoms with E-state index in [2.05, 4.69) is 10.2 Å². The zero-order valence-electron chi connectivity index (χ0n) is 13.1. The monoisotopic (exact) mass is 291 g/mol. The first-order valence-corrected chi connectivity index (χ1v) is 7.54. The molecule has 3 N–H and O–H groups in total. The van der Waals surface area contributed by atoms with E-state index >= 15 is 0 Å². The van der Waals surface area contributed by atoms with Crippen molar-refractivity contribution in [2.24, 2.45) is 5.92 Å². The number of ether oxygens (including phenoxy) is 1. The fourth-order valence-electron chi connectivity index (χ4n) is 2.68. The second-order valence-electron chi connectivity index (χ2n) is 5.76. The van der Waals surface area contributed by atoms with Crippen LogP contribution in [0.1, 0.15) is 26.7 Å². The van der Waals surface area contributed by atoms with Gasteiger partial charge in [-0.25, -0.2) is 0 Å². The molecular weight excluding hydrogens is 266 g/mol. The van der Waals surface area contributed by atoms with E-state index in [1.807, 2.05) is 32.0 Å². The third-order valence-electron chi connectivity index (χ3n) is 3.84. The number of nitrogens with one attached hydrogen (secondary N) is 1. The molecule has 2 rings (SSSR count). The maximum Gasteiger partial charge on any atom is 0.222 e. The summed E-state index contributed by atoms with van der Waals surface area (Å²) in [6.07, 6.45) is 1.86. The van der Waals surface area contributed by atoms with Gasteiger partial charge in [0.25, 0.3) is 0 Å². The largest absolute Gasteiger partial charge is 0.489 e. The van der Waals surface area contributed by atoms with Crippen molar-refractivity contribution >= 4 is 17.3 Å². The Morgan fingerprint density at radius 1 is 1.38 bits per heavy atom. The lowest BCUT2D eigenvalue weighted by Crippen LogP contribution is -2.39. The van der Waals surface area contributed by atoms with Crippen molar-refractivity contribution in [2.75, 3.05) is 30.8 Å². The van der Waals surface area contributed by atoms with Gasteiger partial charge < -0.3 is 20.7 Å². The predicted octanol–water partition coefficient (Wildman–Crippen LogP) is 2.02. The molecule has 0 aromatic heterocycles. The normalized spacial score (nSPS) is 16.1. The van der Waals surface area contributed by atoms with Crippen LogP contribution in [-0.2, 0) is 4.79 Å². The summed E-state index contributed by atoms with van der Waals surface area (Å²) in [5, 5.41) is 2.73. The average molecular weight is 291 g/mol. The van der Waals surface area contributed by atoms with Crippen LogP contribution >= 0.6 is 0 Å². The number of carbonyl (C=O) groups is 1. The first kappa shape index (κ1) is 15.5. The number of hydrogen-bond donors (Lipinski definition) is 2. The summed E-state index contributed by atoms with van der Waals surface area (Å²) in [6.45, 7) is 5.73. The summed E-state index contributed by atoms with van der Waals surface area (Å²) in [6, 6.07) is 5.90. The van der Waals surface area contributed by atoms with E-state index in [0.717, 1.165) is 37.4 Å². The molecule has 0 bridgehead atoms. The topological polar surface area (TPSA) is 67.6 Å². The summed E-state index contributed by atoms with van der Waals surface area (Å²) >= 11 is 0. The molecule has 21 heavy (non-hydrogen) atoms. The quantitative estimate of drug-likeness (QED) is 0.833. The third kappa shape index (κ3) is 3.80. The Labute approximate surface area is 126 Å². The lowest BCUT2D eigenvalue weighted by molar-refractivity contribution is -0.125. The number of piperidine rings is 1. The Kier molecular flexibility index (Phi) is 4.94. The SMILES string of the molecule is CNC(=O)C1CCN(c2ccc(N)c(OC(C)C)c2)CC1. The molecule has 1 aliphatic rings. The molecule has 1 aromatic carbocycles. The van der Waals surface area contributed by atoms with Crippen LogP contribution in [0.3, 0.4) is 0 Å². The molecule has 1 aliphatic heterocycles. The van der Waals surface area contributed by atoms with Crippen LogP contribution in [0.4, 0.5) is 11.4 Å². The minimum Gasteiger partial charge on any atom is -0.489 e. The van der Waals surface area contributed by atoms with Crippen molar-refractivity contribution in [3.05, 3.63) is 18.2 Å². The van der Waals surface area contributed by atoms with Crippen molar-refractivity contribution < 1.29 is 9.53 Å². The Bertz CT molecular complexity index is 494. The molecular formula is C16H25N3O2. The summed E-state index contributed by atoms with van der Waals surface area (Å²) in [4.78, 5) is 13.9. The van der Waals surface area contributed by atoms with Gasteiger partial charge in [0.15, 0.2) is 0 Å². The standard InChI is InChI=1S/C16H25N3O2/c1-11(2)21-15-10-13(4-5-14(15)17)19-8-6-12(7-9-19)16(20)18-3/h4-5,10-12H,6-9,17H2,1-3H3,(H,18,20). The van der Waals surface area contributed by atoms with Crippen LogP contribution in [0.2, 0.25) is 0 Å². The molecule has 1 amide bonds. The Hall–Kier alpha value is -1.91. The number of anilines is 2. The fraction of sp³-hybridized carbons (Fsp3) is 0.562. The minimum absolute atomic E-state index is 0.0986. The summed E-state index contributed by atoms with van der Waals surface area (Å²) < 4.78 is 5.74. The lowest BCUT2D eigenvalue weighted by Gasteiger charge is -2.33. The van der Waals surface area contributed by atoms with E-state index in [-0.39, 0.29) is 17.9 Å². The van der Waals surface area contributed by atoms with Gasteiger partial charge in [-0.2, -0.15) is 0 Å². The molecule has 1 heterocycles. The van der Waals surface area contributed by atoms with E-state index in [4.69, 9.17) is 10.5 Å². The van der Waals surface area contributed by atoms with Crippen molar-refractivity contribution in [3.63, 3.8) is 0 Å². The van der Waals surface area contributed by atoms with Gasteiger partial charge in [0.2, 0.25) is 5.91 Å². The average Bonchev–Trinajstić information content (AvgIpc) is 2.48. The highest BCUT2D eigenvalue weighted by Crippen LogP contribution is 2.31. The molecule has 5 heteroatoms. The molecule has 0 unspecified atom stereocenters. The highest BCUT2D eigenvalue weighted by molar-refractivity contribution is 5.78. The van der Waals surface area contributed by atoms with Crippen LogP contribution in [0, 0.1) is 5.92 Å². The van der Waals surface area contributed by atoms with Gasteiger partial charge in [0, 0.05) is 37.8 Å². The second kappa shape index (κ2) is 6.70. The van der Waals surface area contributed by atoms with Gasteiger partial charge in [-0.05, 0) is 38.8 Å². The number of nitrogens with two attached hydrogens (primary N) is 1. The molecule has 0 spiro atoms. The third-order valence-corrected chi connectivity index (χ3v) is 3.84. The van der Waals surface area contributed by atoms with E-state index in [9.17, 15) is 4.79 Å². The van der Waals surface area contributed by atoms with Gasteiger partial charge in [0.05, 0.1) is 11.8 Å². The fourth-order valence-corrected chi connectivity index (χ4v) is 2.68. The Balaban J connectivity index is 2.05. The molecule has 1 saturated heterocycles. The predicted molar refractivity (Wildman–Crippen MR) is 85.6 cm³/mol. The molecule has 0 aliphatic carbocycles. The highest BCUT2D eigenvalue weighted by atomic mass is 16.5. The summed E-state index contributed by atoms with van der Waals surface area (Å²) in [5.74, 6) is 1.01. The van der Waals surface area contributed by atoms with E-state index in [1.54, 1.807) is 7.05 Å². The van der Waals surface area contributed by atoms with Crippen LogP contribution in [0.15, 0.2) is 18.2 Å². The van der Waals surface area contributed by atoms with Crippen molar-refractivity contribution in [2.45, 2.75) is 32.8 Å². The van der Waals surface area contributed by atoms with Crippen molar-refractivity contribution in [3.8, 4) is 5.75 Å². The number of nitrogens with zero attached hydrogens (tertiary/aromatic N) is 1. The van der Waals surface area contributed by atoms with Gasteiger partial charge in [-0.1, -0.05) is 0 Å². The minimum atomic E-state index is 0.0986. The van der Waals surface area contributed by atoms with Crippen LogP contribution in [0.25, 0.3) is 0 Å². The first-order valence-electron chi connectivity index (χ1n) is 7.54. The van der Waals surface area contributed by atoms with Gasteiger partial charge in [-0.15, -0.1) is 0 Å². The lowest BCUT2D eigenvalue weighted by atomic mass is 9.95. The molecule has 0 radical (unpaired) electrons. The number of hydrogen-bond acceptors (Lipinski definition) is 4. The zero-order chi connectivity index (χ0) is 15.4. The molecule has 116 valence electrons. The number of amides is 1. The first-order chi connectivity index (χ1) is 10.0. The number of nitrogen functional groups attached to an aromatic ring is 1. The molecule has 1 aromatic rings. The van der Waals surface area contributed by atoms with Crippen molar-refractivity contribution in [1.82, 2.24) is 5.32 Å². The van der Waals surface area contributed by atoms with Crippen LogP contribution in [0.5, 0.6) is 5.75 Å². The van der Waals surface area contributed by atoms with Crippen LogP contribution < -0.4 is 20.7 Å². The van der Waals surface area contributed by atoms with Gasteiger partial charge in [0.1, 0.15) is 5.75 Å². The summed E-state index contributed by atoms with van der Waals surface area (Å²) in [7, 11) is 1.70. The second-order valence-corrected chi connectivity index (χ2v) is 5.76. The number of benzene rings is 1. The molecule has 1 fully saturated rings. The van der Waals surface area contributed by atoms with E-state index in [0.29, 0.717) is 5.69 Å². The number of rotatable bonds is 4. The zero-order valence-corrected chi connectivity index (χ0v) is 13.1. The molecule has 0 saturated carbocycles. The smallest absolute Gasteiger partial charge is 0.222 e. The van der Waals surface area contributed by atoms with E-state index < -0.39 is 0 Å².